The van der Waals surface area contributed by atoms with Crippen molar-refractivity contribution in [3.05, 3.63) is 35.6 Å². The van der Waals surface area contributed by atoms with Gasteiger partial charge < -0.3 is 19.7 Å². The van der Waals surface area contributed by atoms with Gasteiger partial charge in [0.1, 0.15) is 5.82 Å². The van der Waals surface area contributed by atoms with Crippen LogP contribution in [0.3, 0.4) is 0 Å². The second-order valence-corrected chi connectivity index (χ2v) is 7.36. The van der Waals surface area contributed by atoms with E-state index in [2.05, 4.69) is 15.2 Å². The molecule has 1 unspecified atom stereocenters. The summed E-state index contributed by atoms with van der Waals surface area (Å²) in [4.78, 5) is 6.79. The largest absolute Gasteiger partial charge is 0.384 e. The van der Waals surface area contributed by atoms with Crippen molar-refractivity contribution in [1.29, 1.82) is 0 Å². The average Bonchev–Trinajstić information content (AvgIpc) is 3.12. The lowest BCUT2D eigenvalue weighted by atomic mass is 9.74. The van der Waals surface area contributed by atoms with Gasteiger partial charge in [-0.05, 0) is 37.0 Å². The van der Waals surface area contributed by atoms with Crippen LogP contribution in [0.5, 0.6) is 0 Å². The van der Waals surface area contributed by atoms with E-state index < -0.39 is 0 Å². The Morgan fingerprint density at radius 3 is 2.73 bits per heavy atom. The summed E-state index contributed by atoms with van der Waals surface area (Å²) in [6.45, 7) is 5.01. The molecule has 0 amide bonds. The molecular formula is C20H30FN3O2. The summed E-state index contributed by atoms with van der Waals surface area (Å²) < 4.78 is 24.3. The lowest BCUT2D eigenvalue weighted by Gasteiger charge is -2.39. The topological polar surface area (TPSA) is 46.1 Å². The Kier molecular flexibility index (Phi) is 6.48. The first-order chi connectivity index (χ1) is 12.7. The number of nitrogens with one attached hydrogen (secondary N) is 1. The first kappa shape index (κ1) is 19.1. The van der Waals surface area contributed by atoms with Crippen LogP contribution < -0.4 is 5.32 Å². The van der Waals surface area contributed by atoms with E-state index >= 15 is 0 Å². The van der Waals surface area contributed by atoms with Gasteiger partial charge in [0.15, 0.2) is 5.96 Å². The van der Waals surface area contributed by atoms with Crippen LogP contribution >= 0.6 is 0 Å². The SMILES string of the molecule is CN=C(NCC1(c2ccc(F)cc2)CCOCC1)N1CCC(COC)C1. The molecule has 2 aliphatic rings. The zero-order chi connectivity index (χ0) is 18.4. The zero-order valence-electron chi connectivity index (χ0n) is 15.8. The van der Waals surface area contributed by atoms with Crippen molar-refractivity contribution in [1.82, 2.24) is 10.2 Å². The van der Waals surface area contributed by atoms with Gasteiger partial charge >= 0.3 is 0 Å². The fourth-order valence-electron chi connectivity index (χ4n) is 4.11. The standard InChI is InChI=1S/C20H30FN3O2/c1-22-19(24-10-7-16(13-24)14-25-2)23-15-20(8-11-26-12-9-20)17-3-5-18(21)6-4-17/h3-6,16H,7-15H2,1-2H3,(H,22,23). The molecule has 26 heavy (non-hydrogen) atoms. The van der Waals surface area contributed by atoms with Crippen molar-refractivity contribution in [2.24, 2.45) is 10.9 Å². The minimum absolute atomic E-state index is 0.0481. The minimum Gasteiger partial charge on any atom is -0.384 e. The van der Waals surface area contributed by atoms with Crippen LogP contribution in [0.1, 0.15) is 24.8 Å². The maximum Gasteiger partial charge on any atom is 0.193 e. The van der Waals surface area contributed by atoms with Crippen LogP contribution in [0.4, 0.5) is 4.39 Å². The van der Waals surface area contributed by atoms with Crippen LogP contribution in [-0.2, 0) is 14.9 Å². The van der Waals surface area contributed by atoms with Crippen molar-refractivity contribution >= 4 is 5.96 Å². The van der Waals surface area contributed by atoms with E-state index in [1.54, 1.807) is 19.2 Å². The molecule has 0 bridgehead atoms. The van der Waals surface area contributed by atoms with E-state index in [-0.39, 0.29) is 11.2 Å². The Balaban J connectivity index is 1.68. The number of methoxy groups -OCH3 is 1. The van der Waals surface area contributed by atoms with Gasteiger partial charge in [0.2, 0.25) is 0 Å². The number of benzene rings is 1. The third-order valence-corrected chi connectivity index (χ3v) is 5.69. The molecule has 0 aliphatic carbocycles. The molecule has 1 atom stereocenters. The third-order valence-electron chi connectivity index (χ3n) is 5.69. The van der Waals surface area contributed by atoms with E-state index in [1.807, 2.05) is 19.2 Å². The summed E-state index contributed by atoms with van der Waals surface area (Å²) >= 11 is 0. The van der Waals surface area contributed by atoms with Gasteiger partial charge in [-0.3, -0.25) is 4.99 Å². The Morgan fingerprint density at radius 2 is 2.08 bits per heavy atom. The van der Waals surface area contributed by atoms with Crippen molar-refractivity contribution in [2.45, 2.75) is 24.7 Å². The van der Waals surface area contributed by atoms with Gasteiger partial charge in [-0.2, -0.15) is 0 Å². The molecule has 2 fully saturated rings. The molecule has 0 saturated carbocycles. The van der Waals surface area contributed by atoms with E-state index in [0.717, 1.165) is 64.7 Å². The lowest BCUT2D eigenvalue weighted by Crippen LogP contribution is -2.49. The first-order valence-electron chi connectivity index (χ1n) is 9.45. The quantitative estimate of drug-likeness (QED) is 0.645. The molecule has 1 aromatic rings. The van der Waals surface area contributed by atoms with Crippen LogP contribution in [0.25, 0.3) is 0 Å². The molecule has 2 aliphatic heterocycles. The predicted molar refractivity (Wildman–Crippen MR) is 101 cm³/mol. The van der Waals surface area contributed by atoms with Crippen molar-refractivity contribution < 1.29 is 13.9 Å². The number of likely N-dealkylation sites (tertiary alicyclic amines) is 1. The highest BCUT2D eigenvalue weighted by Crippen LogP contribution is 2.34. The average molecular weight is 363 g/mol. The highest BCUT2D eigenvalue weighted by Gasteiger charge is 2.35. The molecule has 2 saturated heterocycles. The summed E-state index contributed by atoms with van der Waals surface area (Å²) in [7, 11) is 3.59. The van der Waals surface area contributed by atoms with Crippen LogP contribution in [0, 0.1) is 11.7 Å². The molecule has 3 rings (SSSR count). The molecular weight excluding hydrogens is 333 g/mol. The Bertz CT molecular complexity index is 600. The Morgan fingerprint density at radius 1 is 1.35 bits per heavy atom. The summed E-state index contributed by atoms with van der Waals surface area (Å²) in [5, 5.41) is 3.58. The number of aliphatic imine (C=N–C) groups is 1. The smallest absolute Gasteiger partial charge is 0.193 e. The summed E-state index contributed by atoms with van der Waals surface area (Å²) in [5.74, 6) is 1.31. The second kappa shape index (κ2) is 8.82. The second-order valence-electron chi connectivity index (χ2n) is 7.36. The van der Waals surface area contributed by atoms with Crippen molar-refractivity contribution in [3.8, 4) is 0 Å². The minimum atomic E-state index is -0.194. The molecule has 2 heterocycles. The van der Waals surface area contributed by atoms with Crippen LogP contribution in [0.2, 0.25) is 0 Å². The Hall–Kier alpha value is -1.66. The molecule has 0 radical (unpaired) electrons. The maximum absolute atomic E-state index is 13.4. The van der Waals surface area contributed by atoms with Gasteiger partial charge in [-0.1, -0.05) is 12.1 Å². The van der Waals surface area contributed by atoms with Gasteiger partial charge in [-0.25, -0.2) is 4.39 Å². The fourth-order valence-corrected chi connectivity index (χ4v) is 4.11. The molecule has 144 valence electrons. The van der Waals surface area contributed by atoms with Gasteiger partial charge in [-0.15, -0.1) is 0 Å². The van der Waals surface area contributed by atoms with Gasteiger partial charge in [0, 0.05) is 58.3 Å². The molecule has 0 spiro atoms. The first-order valence-corrected chi connectivity index (χ1v) is 9.45. The van der Waals surface area contributed by atoms with Gasteiger partial charge in [0.05, 0.1) is 6.61 Å². The number of halogens is 1. The zero-order valence-corrected chi connectivity index (χ0v) is 15.8. The number of guanidine groups is 1. The monoisotopic (exact) mass is 363 g/mol. The molecule has 1 N–H and O–H groups in total. The van der Waals surface area contributed by atoms with Gasteiger partial charge in [0.25, 0.3) is 0 Å². The predicted octanol–water partition coefficient (Wildman–Crippen LogP) is 2.42. The van der Waals surface area contributed by atoms with E-state index in [0.29, 0.717) is 5.92 Å². The molecule has 1 aromatic carbocycles. The van der Waals surface area contributed by atoms with Crippen LogP contribution in [0.15, 0.2) is 29.3 Å². The van der Waals surface area contributed by atoms with Crippen molar-refractivity contribution in [2.75, 3.05) is 53.6 Å². The lowest BCUT2D eigenvalue weighted by molar-refractivity contribution is 0.0511. The highest BCUT2D eigenvalue weighted by molar-refractivity contribution is 5.80. The third kappa shape index (κ3) is 4.35. The molecule has 6 heteroatoms. The van der Waals surface area contributed by atoms with E-state index in [9.17, 15) is 4.39 Å². The van der Waals surface area contributed by atoms with E-state index in [1.165, 1.54) is 5.56 Å². The maximum atomic E-state index is 13.4. The number of hydrogen-bond acceptors (Lipinski definition) is 3. The summed E-state index contributed by atoms with van der Waals surface area (Å²) in [5.41, 5.74) is 1.12. The summed E-state index contributed by atoms with van der Waals surface area (Å²) in [6.07, 6.45) is 2.98. The normalized spacial score (nSPS) is 23.3. The number of ether oxygens (including phenoxy) is 2. The van der Waals surface area contributed by atoms with E-state index in [4.69, 9.17) is 9.47 Å². The number of hydrogen-bond donors (Lipinski definition) is 1. The highest BCUT2D eigenvalue weighted by atomic mass is 19.1. The fraction of sp³-hybridized carbons (Fsp3) is 0.650. The molecule has 5 nitrogen and oxygen atoms in total. The van der Waals surface area contributed by atoms with Crippen LogP contribution in [-0.4, -0.2) is 64.5 Å². The van der Waals surface area contributed by atoms with Crippen molar-refractivity contribution in [3.63, 3.8) is 0 Å². The number of rotatable bonds is 5. The summed E-state index contributed by atoms with van der Waals surface area (Å²) in [6, 6.07) is 6.93. The Labute approximate surface area is 155 Å². The number of nitrogens with zero attached hydrogens (tertiary/aromatic N) is 2. The molecule has 0 aromatic heterocycles.